The van der Waals surface area contributed by atoms with Gasteiger partial charge in [0.25, 0.3) is 5.91 Å². The Labute approximate surface area is 207 Å². The Kier molecular flexibility index (Phi) is 6.54. The molecule has 2 aromatic heterocycles. The molecule has 3 heterocycles. The second-order valence-electron chi connectivity index (χ2n) is 10.3. The first-order valence-corrected chi connectivity index (χ1v) is 12.9. The van der Waals surface area contributed by atoms with Crippen LogP contribution in [0.15, 0.2) is 59.2 Å². The number of aromatic nitrogens is 1. The van der Waals surface area contributed by atoms with E-state index in [1.54, 1.807) is 11.2 Å². The van der Waals surface area contributed by atoms with Crippen LogP contribution in [0, 0.1) is 6.92 Å². The van der Waals surface area contributed by atoms with E-state index in [4.69, 9.17) is 4.42 Å². The van der Waals surface area contributed by atoms with Crippen molar-refractivity contribution >= 4 is 11.8 Å². The molecule has 0 unspecified atom stereocenters. The van der Waals surface area contributed by atoms with Crippen molar-refractivity contribution in [1.82, 2.24) is 14.8 Å². The quantitative estimate of drug-likeness (QED) is 0.517. The van der Waals surface area contributed by atoms with Crippen LogP contribution < -0.4 is 5.32 Å². The minimum Gasteiger partial charge on any atom is -0.463 e. The van der Waals surface area contributed by atoms with Crippen molar-refractivity contribution in [3.63, 3.8) is 0 Å². The van der Waals surface area contributed by atoms with Crippen LogP contribution >= 0.6 is 0 Å². The molecule has 0 saturated heterocycles. The molecule has 0 bridgehead atoms. The third kappa shape index (κ3) is 4.54. The normalized spacial score (nSPS) is 21.3. The topological polar surface area (TPSA) is 67.5 Å². The molecule has 6 nitrogen and oxygen atoms in total. The Balaban J connectivity index is 1.51. The third-order valence-corrected chi connectivity index (χ3v) is 7.80. The number of carbonyl (C=O) groups is 2. The first-order chi connectivity index (χ1) is 17.0. The van der Waals surface area contributed by atoms with Gasteiger partial charge in [0.05, 0.1) is 18.5 Å². The zero-order valence-electron chi connectivity index (χ0n) is 20.8. The fourth-order valence-corrected chi connectivity index (χ4v) is 5.56. The SMILES string of the molecule is Cc1ccccc1CN1C(=O)c2ccc(-c3ccco3)n2C[C@]1(C)C(=O)NC1CCCCCCC1. The summed E-state index contributed by atoms with van der Waals surface area (Å²) < 4.78 is 7.60. The maximum atomic E-state index is 14.0. The number of rotatable bonds is 5. The van der Waals surface area contributed by atoms with Gasteiger partial charge in [-0.2, -0.15) is 0 Å². The first kappa shape index (κ1) is 23.5. The molecular formula is C29H35N3O3. The van der Waals surface area contributed by atoms with Gasteiger partial charge < -0.3 is 19.2 Å². The van der Waals surface area contributed by atoms with E-state index in [0.717, 1.165) is 42.5 Å². The predicted molar refractivity (Wildman–Crippen MR) is 136 cm³/mol. The van der Waals surface area contributed by atoms with E-state index in [2.05, 4.69) is 5.32 Å². The number of amides is 2. The molecule has 184 valence electrons. The smallest absolute Gasteiger partial charge is 0.271 e. The van der Waals surface area contributed by atoms with Crippen molar-refractivity contribution < 1.29 is 14.0 Å². The van der Waals surface area contributed by atoms with E-state index >= 15 is 0 Å². The largest absolute Gasteiger partial charge is 0.463 e. The van der Waals surface area contributed by atoms with Crippen molar-refractivity contribution in [3.8, 4) is 11.5 Å². The molecule has 1 aromatic carbocycles. The van der Waals surface area contributed by atoms with Gasteiger partial charge in [-0.05, 0) is 62.1 Å². The summed E-state index contributed by atoms with van der Waals surface area (Å²) in [5.41, 5.74) is 2.53. The minimum absolute atomic E-state index is 0.0743. The van der Waals surface area contributed by atoms with Gasteiger partial charge in [-0.15, -0.1) is 0 Å². The zero-order valence-corrected chi connectivity index (χ0v) is 20.8. The summed E-state index contributed by atoms with van der Waals surface area (Å²) in [6.07, 6.45) is 9.63. The molecule has 1 aliphatic carbocycles. The Morgan fingerprint density at radius 3 is 2.43 bits per heavy atom. The van der Waals surface area contributed by atoms with Crippen LogP contribution in [-0.2, 0) is 17.9 Å². The molecule has 1 N–H and O–H groups in total. The van der Waals surface area contributed by atoms with E-state index < -0.39 is 5.54 Å². The number of carbonyl (C=O) groups excluding carboxylic acids is 2. The van der Waals surface area contributed by atoms with Crippen LogP contribution in [0.3, 0.4) is 0 Å². The van der Waals surface area contributed by atoms with Crippen LogP contribution in [-0.4, -0.2) is 32.9 Å². The van der Waals surface area contributed by atoms with Crippen molar-refractivity contribution in [1.29, 1.82) is 0 Å². The summed E-state index contributed by atoms with van der Waals surface area (Å²) in [5.74, 6) is 0.488. The van der Waals surface area contributed by atoms with Gasteiger partial charge in [0.2, 0.25) is 5.91 Å². The molecule has 2 aliphatic rings. The Morgan fingerprint density at radius 2 is 1.71 bits per heavy atom. The van der Waals surface area contributed by atoms with Crippen LogP contribution in [0.4, 0.5) is 0 Å². The van der Waals surface area contributed by atoms with E-state index in [-0.39, 0.29) is 17.9 Å². The highest BCUT2D eigenvalue weighted by Crippen LogP contribution is 2.35. The summed E-state index contributed by atoms with van der Waals surface area (Å²) >= 11 is 0. The molecule has 5 rings (SSSR count). The Hall–Kier alpha value is -3.28. The molecule has 1 atom stereocenters. The average molecular weight is 474 g/mol. The third-order valence-electron chi connectivity index (χ3n) is 7.80. The summed E-state index contributed by atoms with van der Waals surface area (Å²) in [5, 5.41) is 3.36. The highest BCUT2D eigenvalue weighted by Gasteiger charge is 2.48. The van der Waals surface area contributed by atoms with Crippen LogP contribution in [0.5, 0.6) is 0 Å². The van der Waals surface area contributed by atoms with Crippen LogP contribution in [0.1, 0.15) is 73.5 Å². The number of aryl methyl sites for hydroxylation is 1. The van der Waals surface area contributed by atoms with Gasteiger partial charge in [-0.25, -0.2) is 0 Å². The summed E-state index contributed by atoms with van der Waals surface area (Å²) in [6.45, 7) is 4.73. The van der Waals surface area contributed by atoms with Gasteiger partial charge in [-0.1, -0.05) is 56.4 Å². The summed E-state index contributed by atoms with van der Waals surface area (Å²) in [6, 6.07) is 15.7. The molecular weight excluding hydrogens is 438 g/mol. The predicted octanol–water partition coefficient (Wildman–Crippen LogP) is 5.70. The molecule has 0 radical (unpaired) electrons. The van der Waals surface area contributed by atoms with Crippen molar-refractivity contribution in [3.05, 3.63) is 71.6 Å². The van der Waals surface area contributed by atoms with E-state index in [1.165, 1.54) is 19.3 Å². The number of benzene rings is 1. The highest BCUT2D eigenvalue weighted by molar-refractivity contribution is 6.00. The highest BCUT2D eigenvalue weighted by atomic mass is 16.3. The summed E-state index contributed by atoms with van der Waals surface area (Å²) in [7, 11) is 0. The number of hydrogen-bond donors (Lipinski definition) is 1. The number of nitrogens with zero attached hydrogens (tertiary/aromatic N) is 2. The standard InChI is InChI=1S/C29H35N3O3/c1-21-11-8-9-12-22(21)19-32-27(33)25-17-16-24(26-15-10-18-35-26)31(25)20-29(32,2)28(34)30-23-13-6-4-3-5-7-14-23/h8-12,15-18,23H,3-7,13-14,19-20H2,1-2H3,(H,30,34)/t29-/m1/s1. The monoisotopic (exact) mass is 473 g/mol. The first-order valence-electron chi connectivity index (χ1n) is 12.9. The maximum Gasteiger partial charge on any atom is 0.271 e. The molecule has 6 heteroatoms. The molecule has 3 aromatic rings. The molecule has 2 amide bonds. The second-order valence-corrected chi connectivity index (χ2v) is 10.3. The number of nitrogens with one attached hydrogen (secondary N) is 1. The van der Waals surface area contributed by atoms with Gasteiger partial charge in [0, 0.05) is 12.6 Å². The van der Waals surface area contributed by atoms with E-state index in [9.17, 15) is 9.59 Å². The Morgan fingerprint density at radius 1 is 1.00 bits per heavy atom. The lowest BCUT2D eigenvalue weighted by molar-refractivity contribution is -0.134. The van der Waals surface area contributed by atoms with E-state index in [1.807, 2.05) is 66.9 Å². The number of furan rings is 1. The second kappa shape index (κ2) is 9.76. The zero-order chi connectivity index (χ0) is 24.4. The molecule has 1 fully saturated rings. The van der Waals surface area contributed by atoms with Crippen molar-refractivity contribution in [2.75, 3.05) is 0 Å². The molecule has 1 aliphatic heterocycles. The Bertz CT molecular complexity index is 1190. The number of fused-ring (bicyclic) bond motifs is 1. The fraction of sp³-hybridized carbons (Fsp3) is 0.448. The lowest BCUT2D eigenvalue weighted by atomic mass is 9.91. The van der Waals surface area contributed by atoms with Gasteiger partial charge in [-0.3, -0.25) is 9.59 Å². The van der Waals surface area contributed by atoms with Gasteiger partial charge in [0.15, 0.2) is 0 Å². The molecule has 1 saturated carbocycles. The lowest BCUT2D eigenvalue weighted by Crippen LogP contribution is -2.64. The van der Waals surface area contributed by atoms with Gasteiger partial charge >= 0.3 is 0 Å². The average Bonchev–Trinajstić information content (AvgIpc) is 3.49. The molecule has 35 heavy (non-hydrogen) atoms. The number of hydrogen-bond acceptors (Lipinski definition) is 3. The van der Waals surface area contributed by atoms with Crippen molar-refractivity contribution in [2.45, 2.75) is 83.5 Å². The van der Waals surface area contributed by atoms with Crippen molar-refractivity contribution in [2.24, 2.45) is 0 Å². The van der Waals surface area contributed by atoms with Crippen LogP contribution in [0.25, 0.3) is 11.5 Å². The van der Waals surface area contributed by atoms with Crippen LogP contribution in [0.2, 0.25) is 0 Å². The van der Waals surface area contributed by atoms with Gasteiger partial charge in [0.1, 0.15) is 17.0 Å². The van der Waals surface area contributed by atoms with E-state index in [0.29, 0.717) is 24.5 Å². The molecule has 0 spiro atoms. The summed E-state index contributed by atoms with van der Waals surface area (Å²) in [4.78, 5) is 29.7. The maximum absolute atomic E-state index is 14.0. The lowest BCUT2D eigenvalue weighted by Gasteiger charge is -2.45. The fourth-order valence-electron chi connectivity index (χ4n) is 5.56. The minimum atomic E-state index is -1.03.